The number of fused-ring (bicyclic) bond motifs is 1. The topological polar surface area (TPSA) is 63.2 Å². The van der Waals surface area contributed by atoms with Gasteiger partial charge in [0, 0.05) is 7.11 Å². The van der Waals surface area contributed by atoms with E-state index in [0.29, 0.717) is 13.2 Å². The predicted molar refractivity (Wildman–Crippen MR) is 76.3 cm³/mol. The molecule has 1 aromatic heterocycles. The van der Waals surface area contributed by atoms with Crippen molar-refractivity contribution in [3.63, 3.8) is 0 Å². The summed E-state index contributed by atoms with van der Waals surface area (Å²) in [5.41, 5.74) is 0.970. The Kier molecular flexibility index (Phi) is 4.70. The second-order valence-corrected chi connectivity index (χ2v) is 5.37. The molecule has 1 unspecified atom stereocenters. The number of para-hydroxylation sites is 1. The summed E-state index contributed by atoms with van der Waals surface area (Å²) in [4.78, 5) is 16.1. The number of aromatic nitrogens is 1. The summed E-state index contributed by atoms with van der Waals surface area (Å²) in [6.45, 7) is 2.82. The van der Waals surface area contributed by atoms with Gasteiger partial charge in [0.05, 0.1) is 29.4 Å². The van der Waals surface area contributed by atoms with Gasteiger partial charge in [-0.3, -0.25) is 0 Å². The van der Waals surface area contributed by atoms with E-state index in [1.54, 1.807) is 18.4 Å². The Bertz CT molecular complexity index is 523. The summed E-state index contributed by atoms with van der Waals surface area (Å²) in [6, 6.07) is 7.71. The quantitative estimate of drug-likeness (QED) is 0.881. The van der Waals surface area contributed by atoms with Crippen LogP contribution in [0.4, 0.5) is 4.79 Å². The maximum atomic E-state index is 11.6. The summed E-state index contributed by atoms with van der Waals surface area (Å²) in [5, 5.41) is 6.48. The Labute approximate surface area is 116 Å². The largest absolute Gasteiger partial charge is 0.383 e. The smallest absolute Gasteiger partial charge is 0.315 e. The Morgan fingerprint density at radius 1 is 1.47 bits per heavy atom. The molecule has 0 saturated heterocycles. The lowest BCUT2D eigenvalue weighted by atomic mass is 10.3. The van der Waals surface area contributed by atoms with Gasteiger partial charge in [-0.2, -0.15) is 0 Å². The third kappa shape index (κ3) is 3.90. The van der Waals surface area contributed by atoms with Crippen LogP contribution in [0.1, 0.15) is 11.9 Å². The van der Waals surface area contributed by atoms with Crippen LogP contribution in [0, 0.1) is 0 Å². The van der Waals surface area contributed by atoms with Crippen molar-refractivity contribution in [1.82, 2.24) is 15.6 Å². The fraction of sp³-hybridized carbons (Fsp3) is 0.385. The molecule has 102 valence electrons. The molecule has 0 aliphatic rings. The average molecular weight is 279 g/mol. The molecule has 0 spiro atoms. The second kappa shape index (κ2) is 6.49. The molecule has 6 heteroatoms. The highest BCUT2D eigenvalue weighted by atomic mass is 32.1. The van der Waals surface area contributed by atoms with Gasteiger partial charge in [-0.1, -0.05) is 12.1 Å². The first-order valence-corrected chi connectivity index (χ1v) is 6.88. The molecule has 1 atom stereocenters. The zero-order valence-electron chi connectivity index (χ0n) is 11.0. The predicted octanol–water partition coefficient (Wildman–Crippen LogP) is 2.13. The lowest BCUT2D eigenvalue weighted by Crippen LogP contribution is -2.42. The molecule has 0 aliphatic carbocycles. The van der Waals surface area contributed by atoms with Crippen LogP contribution >= 0.6 is 11.3 Å². The number of rotatable bonds is 5. The van der Waals surface area contributed by atoms with Gasteiger partial charge in [0.1, 0.15) is 5.01 Å². The standard InChI is InChI=1S/C13H17N3O2S/c1-9(8-18-2)15-13(17)14-7-12-16-10-5-3-4-6-11(10)19-12/h3-6,9H,7-8H2,1-2H3,(H2,14,15,17). The lowest BCUT2D eigenvalue weighted by molar-refractivity contribution is 0.171. The number of thiazole rings is 1. The molecule has 2 amide bonds. The van der Waals surface area contributed by atoms with E-state index in [9.17, 15) is 4.79 Å². The van der Waals surface area contributed by atoms with E-state index in [-0.39, 0.29) is 12.1 Å². The molecular formula is C13H17N3O2S. The zero-order valence-corrected chi connectivity index (χ0v) is 11.8. The van der Waals surface area contributed by atoms with E-state index in [1.807, 2.05) is 31.2 Å². The van der Waals surface area contributed by atoms with Gasteiger partial charge in [0.15, 0.2) is 0 Å². The molecule has 1 heterocycles. The minimum absolute atomic E-state index is 0.0135. The summed E-state index contributed by atoms with van der Waals surface area (Å²) in [5.74, 6) is 0. The highest BCUT2D eigenvalue weighted by Crippen LogP contribution is 2.21. The summed E-state index contributed by atoms with van der Waals surface area (Å²) >= 11 is 1.59. The maximum Gasteiger partial charge on any atom is 0.315 e. The maximum absolute atomic E-state index is 11.6. The number of carbonyl (C=O) groups excluding carboxylic acids is 1. The van der Waals surface area contributed by atoms with Crippen LogP contribution in [0.3, 0.4) is 0 Å². The van der Waals surface area contributed by atoms with Crippen LogP contribution < -0.4 is 10.6 Å². The normalized spacial score (nSPS) is 12.3. The molecule has 0 bridgehead atoms. The van der Waals surface area contributed by atoms with Crippen LogP contribution in [-0.2, 0) is 11.3 Å². The molecule has 5 nitrogen and oxygen atoms in total. The minimum atomic E-state index is -0.205. The first kappa shape index (κ1) is 13.8. The highest BCUT2D eigenvalue weighted by molar-refractivity contribution is 7.18. The van der Waals surface area contributed by atoms with Crippen molar-refractivity contribution in [3.05, 3.63) is 29.3 Å². The van der Waals surface area contributed by atoms with Crippen molar-refractivity contribution >= 4 is 27.6 Å². The first-order valence-electron chi connectivity index (χ1n) is 6.07. The molecule has 2 aromatic rings. The molecule has 19 heavy (non-hydrogen) atoms. The third-order valence-corrected chi connectivity index (χ3v) is 3.57. The number of carbonyl (C=O) groups is 1. The minimum Gasteiger partial charge on any atom is -0.383 e. The summed E-state index contributed by atoms with van der Waals surface area (Å²) in [6.07, 6.45) is 0. The lowest BCUT2D eigenvalue weighted by Gasteiger charge is -2.12. The molecule has 0 saturated carbocycles. The molecule has 2 rings (SSSR count). The number of hydrogen-bond donors (Lipinski definition) is 2. The van der Waals surface area contributed by atoms with E-state index in [1.165, 1.54) is 0 Å². The number of hydrogen-bond acceptors (Lipinski definition) is 4. The number of ether oxygens (including phenoxy) is 1. The number of nitrogens with zero attached hydrogens (tertiary/aromatic N) is 1. The summed E-state index contributed by atoms with van der Waals surface area (Å²) in [7, 11) is 1.61. The van der Waals surface area contributed by atoms with E-state index in [2.05, 4.69) is 15.6 Å². The molecule has 2 N–H and O–H groups in total. The molecule has 0 aliphatic heterocycles. The Balaban J connectivity index is 1.86. The van der Waals surface area contributed by atoms with Crippen LogP contribution in [-0.4, -0.2) is 30.8 Å². The van der Waals surface area contributed by atoms with Crippen molar-refractivity contribution < 1.29 is 9.53 Å². The van der Waals surface area contributed by atoms with Gasteiger partial charge in [-0.15, -0.1) is 11.3 Å². The molecule has 0 fully saturated rings. The molecule has 0 radical (unpaired) electrons. The molecular weight excluding hydrogens is 262 g/mol. The van der Waals surface area contributed by atoms with E-state index in [4.69, 9.17) is 4.74 Å². The van der Waals surface area contributed by atoms with Gasteiger partial charge >= 0.3 is 6.03 Å². The van der Waals surface area contributed by atoms with Gasteiger partial charge in [-0.05, 0) is 19.1 Å². The van der Waals surface area contributed by atoms with Crippen LogP contribution in [0.2, 0.25) is 0 Å². The van der Waals surface area contributed by atoms with Crippen molar-refractivity contribution in [2.75, 3.05) is 13.7 Å². The highest BCUT2D eigenvalue weighted by Gasteiger charge is 2.08. The van der Waals surface area contributed by atoms with Crippen LogP contribution in [0.15, 0.2) is 24.3 Å². The number of amides is 2. The van der Waals surface area contributed by atoms with Crippen molar-refractivity contribution in [1.29, 1.82) is 0 Å². The van der Waals surface area contributed by atoms with E-state index >= 15 is 0 Å². The first-order chi connectivity index (χ1) is 9.19. The van der Waals surface area contributed by atoms with Gasteiger partial charge in [-0.25, -0.2) is 9.78 Å². The van der Waals surface area contributed by atoms with Crippen LogP contribution in [0.25, 0.3) is 10.2 Å². The summed E-state index contributed by atoms with van der Waals surface area (Å²) < 4.78 is 6.09. The Hall–Kier alpha value is -1.66. The van der Waals surface area contributed by atoms with Gasteiger partial charge in [0.2, 0.25) is 0 Å². The second-order valence-electron chi connectivity index (χ2n) is 4.26. The zero-order chi connectivity index (χ0) is 13.7. The SMILES string of the molecule is COCC(C)NC(=O)NCc1nc2ccccc2s1. The van der Waals surface area contributed by atoms with Crippen molar-refractivity contribution in [2.24, 2.45) is 0 Å². The number of methoxy groups -OCH3 is 1. The molecule has 1 aromatic carbocycles. The van der Waals surface area contributed by atoms with Crippen molar-refractivity contribution in [2.45, 2.75) is 19.5 Å². The van der Waals surface area contributed by atoms with Crippen molar-refractivity contribution in [3.8, 4) is 0 Å². The number of benzene rings is 1. The Morgan fingerprint density at radius 3 is 3.00 bits per heavy atom. The Morgan fingerprint density at radius 2 is 2.26 bits per heavy atom. The van der Waals surface area contributed by atoms with E-state index < -0.39 is 0 Å². The van der Waals surface area contributed by atoms with Gasteiger partial charge in [0.25, 0.3) is 0 Å². The monoisotopic (exact) mass is 279 g/mol. The van der Waals surface area contributed by atoms with E-state index in [0.717, 1.165) is 15.2 Å². The number of nitrogens with one attached hydrogen (secondary N) is 2. The van der Waals surface area contributed by atoms with Crippen LogP contribution in [0.5, 0.6) is 0 Å². The fourth-order valence-corrected chi connectivity index (χ4v) is 2.62. The average Bonchev–Trinajstić information content (AvgIpc) is 2.79. The third-order valence-electron chi connectivity index (χ3n) is 2.53. The number of urea groups is 1. The fourth-order valence-electron chi connectivity index (χ4n) is 1.72. The van der Waals surface area contributed by atoms with Gasteiger partial charge < -0.3 is 15.4 Å².